The average molecular weight is 250 g/mol. The van der Waals surface area contributed by atoms with E-state index < -0.39 is 11.6 Å². The SMILES string of the molecule is CCc1c(C=O)nc(C)n1-c1cc(F)cc(F)c1. The van der Waals surface area contributed by atoms with Gasteiger partial charge in [-0.15, -0.1) is 0 Å². The molecule has 0 spiro atoms. The van der Waals surface area contributed by atoms with Crippen LogP contribution >= 0.6 is 0 Å². The molecule has 0 radical (unpaired) electrons. The van der Waals surface area contributed by atoms with E-state index in [2.05, 4.69) is 4.98 Å². The van der Waals surface area contributed by atoms with Crippen LogP contribution in [0.15, 0.2) is 18.2 Å². The molecule has 0 aliphatic heterocycles. The fourth-order valence-electron chi connectivity index (χ4n) is 2.04. The number of benzene rings is 1. The molecule has 0 aliphatic rings. The monoisotopic (exact) mass is 250 g/mol. The predicted molar refractivity (Wildman–Crippen MR) is 63.0 cm³/mol. The van der Waals surface area contributed by atoms with Crippen LogP contribution in [0, 0.1) is 18.6 Å². The van der Waals surface area contributed by atoms with Crippen molar-refractivity contribution < 1.29 is 13.6 Å². The Kier molecular flexibility index (Phi) is 3.23. The Labute approximate surface area is 103 Å². The van der Waals surface area contributed by atoms with E-state index in [9.17, 15) is 13.6 Å². The minimum absolute atomic E-state index is 0.305. The van der Waals surface area contributed by atoms with Gasteiger partial charge in [0.2, 0.25) is 0 Å². The Balaban J connectivity index is 2.69. The summed E-state index contributed by atoms with van der Waals surface area (Å²) >= 11 is 0. The molecule has 0 saturated heterocycles. The lowest BCUT2D eigenvalue weighted by molar-refractivity contribution is 0.111. The zero-order valence-electron chi connectivity index (χ0n) is 10.1. The van der Waals surface area contributed by atoms with Crippen molar-refractivity contribution in [2.24, 2.45) is 0 Å². The van der Waals surface area contributed by atoms with Gasteiger partial charge in [-0.05, 0) is 25.5 Å². The van der Waals surface area contributed by atoms with Crippen LogP contribution in [0.25, 0.3) is 5.69 Å². The molecular formula is C13H12F2N2O. The molecule has 0 atom stereocenters. The Morgan fingerprint density at radius 3 is 2.39 bits per heavy atom. The molecule has 2 aromatic rings. The Morgan fingerprint density at radius 1 is 1.28 bits per heavy atom. The number of aldehydes is 1. The van der Waals surface area contributed by atoms with Gasteiger partial charge in [-0.2, -0.15) is 0 Å². The first kappa shape index (κ1) is 12.4. The normalized spacial score (nSPS) is 10.7. The third kappa shape index (κ3) is 2.03. The van der Waals surface area contributed by atoms with Crippen molar-refractivity contribution in [3.05, 3.63) is 47.0 Å². The van der Waals surface area contributed by atoms with E-state index in [4.69, 9.17) is 0 Å². The number of aromatic nitrogens is 2. The summed E-state index contributed by atoms with van der Waals surface area (Å²) in [5.41, 5.74) is 1.29. The van der Waals surface area contributed by atoms with Crippen molar-refractivity contribution in [1.82, 2.24) is 9.55 Å². The summed E-state index contributed by atoms with van der Waals surface area (Å²) < 4.78 is 28.0. The lowest BCUT2D eigenvalue weighted by atomic mass is 10.2. The van der Waals surface area contributed by atoms with E-state index in [0.29, 0.717) is 35.6 Å². The Hall–Kier alpha value is -2.04. The molecule has 0 unspecified atom stereocenters. The molecule has 1 heterocycles. The molecule has 0 aliphatic carbocycles. The van der Waals surface area contributed by atoms with Crippen LogP contribution in [0.5, 0.6) is 0 Å². The van der Waals surface area contributed by atoms with Gasteiger partial charge in [0, 0.05) is 6.07 Å². The molecule has 0 fully saturated rings. The zero-order valence-corrected chi connectivity index (χ0v) is 10.1. The largest absolute Gasteiger partial charge is 0.300 e. The van der Waals surface area contributed by atoms with Crippen LogP contribution in [-0.4, -0.2) is 15.8 Å². The molecule has 0 amide bonds. The number of hydrogen-bond donors (Lipinski definition) is 0. The summed E-state index contributed by atoms with van der Waals surface area (Å²) in [7, 11) is 0. The lowest BCUT2D eigenvalue weighted by Gasteiger charge is -2.09. The van der Waals surface area contributed by atoms with Gasteiger partial charge in [-0.3, -0.25) is 4.79 Å². The quantitative estimate of drug-likeness (QED) is 0.785. The van der Waals surface area contributed by atoms with E-state index >= 15 is 0 Å². The topological polar surface area (TPSA) is 34.9 Å². The van der Waals surface area contributed by atoms with Crippen molar-refractivity contribution in [2.45, 2.75) is 20.3 Å². The molecule has 1 aromatic carbocycles. The second-order valence-corrected chi connectivity index (χ2v) is 3.93. The second kappa shape index (κ2) is 4.68. The predicted octanol–water partition coefficient (Wildman–Crippen LogP) is 2.83. The number of halogens is 2. The zero-order chi connectivity index (χ0) is 13.3. The summed E-state index contributed by atoms with van der Waals surface area (Å²) in [6.07, 6.45) is 1.20. The van der Waals surface area contributed by atoms with Crippen molar-refractivity contribution >= 4 is 6.29 Å². The molecule has 1 aromatic heterocycles. The van der Waals surface area contributed by atoms with Crippen molar-refractivity contribution in [3.63, 3.8) is 0 Å². The van der Waals surface area contributed by atoms with Crippen LogP contribution in [0.4, 0.5) is 8.78 Å². The third-order valence-corrected chi connectivity index (χ3v) is 2.72. The van der Waals surface area contributed by atoms with E-state index in [0.717, 1.165) is 6.07 Å². The van der Waals surface area contributed by atoms with Crippen LogP contribution in [0.2, 0.25) is 0 Å². The standard InChI is InChI=1S/C13H12F2N2O/c1-3-13-12(7-18)16-8(2)17(13)11-5-9(14)4-10(15)6-11/h4-7H,3H2,1-2H3. The van der Waals surface area contributed by atoms with Crippen LogP contribution in [0.1, 0.15) is 28.9 Å². The number of rotatable bonds is 3. The van der Waals surface area contributed by atoms with E-state index in [1.165, 1.54) is 12.1 Å². The molecule has 0 bridgehead atoms. The van der Waals surface area contributed by atoms with Gasteiger partial charge >= 0.3 is 0 Å². The fraction of sp³-hybridized carbons (Fsp3) is 0.231. The maximum Gasteiger partial charge on any atom is 0.170 e. The summed E-state index contributed by atoms with van der Waals surface area (Å²) in [5, 5.41) is 0. The maximum absolute atomic E-state index is 13.2. The first-order valence-electron chi connectivity index (χ1n) is 5.56. The number of carbonyl (C=O) groups is 1. The Morgan fingerprint density at radius 2 is 1.89 bits per heavy atom. The molecule has 0 N–H and O–H groups in total. The van der Waals surface area contributed by atoms with Gasteiger partial charge in [0.05, 0.1) is 11.4 Å². The maximum atomic E-state index is 13.2. The molecule has 5 heteroatoms. The van der Waals surface area contributed by atoms with Gasteiger partial charge in [-0.1, -0.05) is 6.92 Å². The minimum atomic E-state index is -0.659. The number of hydrogen-bond acceptors (Lipinski definition) is 2. The van der Waals surface area contributed by atoms with Crippen LogP contribution in [-0.2, 0) is 6.42 Å². The highest BCUT2D eigenvalue weighted by molar-refractivity contribution is 5.74. The summed E-state index contributed by atoms with van der Waals surface area (Å²) in [5.74, 6) is -0.792. The smallest absolute Gasteiger partial charge is 0.170 e. The average Bonchev–Trinajstić information content (AvgIpc) is 2.63. The molecule has 2 rings (SSSR count). The Bertz CT molecular complexity index is 585. The summed E-state index contributed by atoms with van der Waals surface area (Å²) in [6, 6.07) is 3.24. The fourth-order valence-corrected chi connectivity index (χ4v) is 2.04. The summed E-state index contributed by atoms with van der Waals surface area (Å²) in [6.45, 7) is 3.55. The molecule has 18 heavy (non-hydrogen) atoms. The third-order valence-electron chi connectivity index (χ3n) is 2.72. The van der Waals surface area contributed by atoms with E-state index in [1.807, 2.05) is 6.92 Å². The number of aryl methyl sites for hydroxylation is 1. The second-order valence-electron chi connectivity index (χ2n) is 3.93. The van der Waals surface area contributed by atoms with Crippen LogP contribution < -0.4 is 0 Å². The molecule has 0 saturated carbocycles. The van der Waals surface area contributed by atoms with Crippen molar-refractivity contribution in [3.8, 4) is 5.69 Å². The molecular weight excluding hydrogens is 238 g/mol. The van der Waals surface area contributed by atoms with Gasteiger partial charge in [0.15, 0.2) is 6.29 Å². The highest BCUT2D eigenvalue weighted by Crippen LogP contribution is 2.20. The van der Waals surface area contributed by atoms with Gasteiger partial charge in [0.25, 0.3) is 0 Å². The van der Waals surface area contributed by atoms with E-state index in [-0.39, 0.29) is 0 Å². The lowest BCUT2D eigenvalue weighted by Crippen LogP contribution is -2.03. The van der Waals surface area contributed by atoms with Gasteiger partial charge in [0.1, 0.15) is 23.2 Å². The van der Waals surface area contributed by atoms with Crippen LogP contribution in [0.3, 0.4) is 0 Å². The molecule has 94 valence electrons. The summed E-state index contributed by atoms with van der Waals surface area (Å²) in [4.78, 5) is 15.0. The highest BCUT2D eigenvalue weighted by atomic mass is 19.1. The number of nitrogens with zero attached hydrogens (tertiary/aromatic N) is 2. The van der Waals surface area contributed by atoms with Gasteiger partial charge < -0.3 is 4.57 Å². The number of carbonyl (C=O) groups excluding carboxylic acids is 1. The minimum Gasteiger partial charge on any atom is -0.300 e. The number of imidazole rings is 1. The molecule has 3 nitrogen and oxygen atoms in total. The first-order valence-corrected chi connectivity index (χ1v) is 5.56. The van der Waals surface area contributed by atoms with E-state index in [1.54, 1.807) is 11.5 Å². The van der Waals surface area contributed by atoms with Gasteiger partial charge in [-0.25, -0.2) is 13.8 Å². The van der Waals surface area contributed by atoms with Crippen molar-refractivity contribution in [1.29, 1.82) is 0 Å². The highest BCUT2D eigenvalue weighted by Gasteiger charge is 2.15. The van der Waals surface area contributed by atoms with Crippen molar-refractivity contribution in [2.75, 3.05) is 0 Å². The first-order chi connectivity index (χ1) is 8.56.